The van der Waals surface area contributed by atoms with E-state index in [1.807, 2.05) is 13.0 Å². The summed E-state index contributed by atoms with van der Waals surface area (Å²) in [5.41, 5.74) is 1.07. The smallest absolute Gasteiger partial charge is 0.273 e. The highest BCUT2D eigenvalue weighted by atomic mass is 35.5. The van der Waals surface area contributed by atoms with E-state index in [-0.39, 0.29) is 24.4 Å². The van der Waals surface area contributed by atoms with Gasteiger partial charge in [0.1, 0.15) is 0 Å². The van der Waals surface area contributed by atoms with Crippen molar-refractivity contribution in [2.24, 2.45) is 0 Å². The van der Waals surface area contributed by atoms with Crippen molar-refractivity contribution in [3.05, 3.63) is 45.7 Å². The van der Waals surface area contributed by atoms with Crippen LogP contribution in [-0.4, -0.2) is 34.0 Å². The first-order chi connectivity index (χ1) is 11.6. The van der Waals surface area contributed by atoms with Crippen LogP contribution in [0.25, 0.3) is 0 Å². The maximum atomic E-state index is 12.4. The molecular weight excluding hydrogens is 385 g/mol. The van der Waals surface area contributed by atoms with Crippen LogP contribution >= 0.6 is 35.6 Å². The van der Waals surface area contributed by atoms with Crippen LogP contribution in [0.3, 0.4) is 0 Å². The van der Waals surface area contributed by atoms with Crippen LogP contribution in [0.4, 0.5) is 0 Å². The predicted octanol–water partition coefficient (Wildman–Crippen LogP) is 3.42. The lowest BCUT2D eigenvalue weighted by molar-refractivity contribution is 0.0934. The van der Waals surface area contributed by atoms with Gasteiger partial charge in [-0.15, -0.1) is 17.5 Å². The van der Waals surface area contributed by atoms with E-state index < -0.39 is 0 Å². The van der Waals surface area contributed by atoms with Gasteiger partial charge in [0.2, 0.25) is 0 Å². The zero-order valence-corrected chi connectivity index (χ0v) is 16.0. The zero-order valence-electron chi connectivity index (χ0n) is 13.7. The van der Waals surface area contributed by atoms with Crippen LogP contribution < -0.4 is 10.6 Å². The van der Waals surface area contributed by atoms with E-state index in [9.17, 15) is 4.79 Å². The average molecular weight is 405 g/mol. The number of rotatable bonds is 4. The minimum absolute atomic E-state index is 0. The second-order valence-corrected chi connectivity index (χ2v) is 6.69. The second-order valence-electron chi connectivity index (χ2n) is 5.90. The van der Waals surface area contributed by atoms with Gasteiger partial charge in [-0.05, 0) is 44.5 Å². The Hall–Kier alpha value is -1.34. The second kappa shape index (κ2) is 8.85. The summed E-state index contributed by atoms with van der Waals surface area (Å²) in [5.74, 6) is -0.279. The molecule has 0 saturated carbocycles. The Kier molecular flexibility index (Phi) is 7.07. The molecule has 1 unspecified atom stereocenters. The lowest BCUT2D eigenvalue weighted by atomic mass is 10.1. The van der Waals surface area contributed by atoms with Gasteiger partial charge in [-0.3, -0.25) is 4.79 Å². The number of hydrogen-bond donors (Lipinski definition) is 2. The Balaban J connectivity index is 0.00000225. The molecule has 1 aromatic carbocycles. The third kappa shape index (κ3) is 4.64. The Morgan fingerprint density at radius 1 is 1.36 bits per heavy atom. The third-order valence-corrected chi connectivity index (χ3v) is 5.05. The molecule has 2 aromatic rings. The molecule has 3 rings (SSSR count). The molecule has 9 heteroatoms. The van der Waals surface area contributed by atoms with Gasteiger partial charge in [-0.1, -0.05) is 40.5 Å². The van der Waals surface area contributed by atoms with Crippen LogP contribution in [0.1, 0.15) is 47.9 Å². The largest absolute Gasteiger partial charge is 0.344 e. The minimum Gasteiger partial charge on any atom is -0.344 e. The summed E-state index contributed by atoms with van der Waals surface area (Å²) in [6.45, 7) is 3.76. The molecule has 6 nitrogen and oxygen atoms in total. The summed E-state index contributed by atoms with van der Waals surface area (Å²) < 4.78 is 1.78. The maximum Gasteiger partial charge on any atom is 0.273 e. The Morgan fingerprint density at radius 3 is 2.80 bits per heavy atom. The van der Waals surface area contributed by atoms with Crippen LogP contribution in [0.15, 0.2) is 24.4 Å². The summed E-state index contributed by atoms with van der Waals surface area (Å²) in [4.78, 5) is 12.4. The Morgan fingerprint density at radius 2 is 2.08 bits per heavy atom. The molecule has 1 amide bonds. The van der Waals surface area contributed by atoms with Gasteiger partial charge in [-0.2, -0.15) is 0 Å². The molecule has 0 aliphatic carbocycles. The minimum atomic E-state index is -0.285. The summed E-state index contributed by atoms with van der Waals surface area (Å²) in [6, 6.07) is 5.37. The molecule has 1 aliphatic heterocycles. The topological polar surface area (TPSA) is 71.8 Å². The van der Waals surface area contributed by atoms with Crippen molar-refractivity contribution < 1.29 is 4.79 Å². The number of halogens is 3. The van der Waals surface area contributed by atoms with E-state index >= 15 is 0 Å². The fraction of sp³-hybridized carbons (Fsp3) is 0.438. The van der Waals surface area contributed by atoms with E-state index in [1.54, 1.807) is 23.0 Å². The van der Waals surface area contributed by atoms with Gasteiger partial charge in [0, 0.05) is 0 Å². The molecule has 0 radical (unpaired) electrons. The molecule has 1 saturated heterocycles. The number of piperidine rings is 1. The fourth-order valence-corrected chi connectivity index (χ4v) is 3.31. The maximum absolute atomic E-state index is 12.4. The molecule has 136 valence electrons. The lowest BCUT2D eigenvalue weighted by Gasteiger charge is -2.22. The monoisotopic (exact) mass is 403 g/mol. The number of amides is 1. The first kappa shape index (κ1) is 20.0. The molecule has 2 heterocycles. The van der Waals surface area contributed by atoms with E-state index in [2.05, 4.69) is 20.9 Å². The summed E-state index contributed by atoms with van der Waals surface area (Å²) in [5, 5.41) is 15.2. The highest BCUT2D eigenvalue weighted by Crippen LogP contribution is 2.29. The fourth-order valence-electron chi connectivity index (χ4n) is 2.83. The molecule has 1 aromatic heterocycles. The molecule has 0 bridgehead atoms. The molecule has 25 heavy (non-hydrogen) atoms. The number of hydrogen-bond acceptors (Lipinski definition) is 4. The number of carbonyl (C=O) groups excluding carboxylic acids is 1. The van der Waals surface area contributed by atoms with Gasteiger partial charge in [0.05, 0.1) is 28.3 Å². The summed E-state index contributed by atoms with van der Waals surface area (Å²) >= 11 is 12.2. The van der Waals surface area contributed by atoms with Crippen molar-refractivity contribution in [1.82, 2.24) is 25.6 Å². The van der Waals surface area contributed by atoms with E-state index in [4.69, 9.17) is 23.2 Å². The van der Waals surface area contributed by atoms with Gasteiger partial charge in [-0.25, -0.2) is 4.68 Å². The number of carbonyl (C=O) groups is 1. The number of nitrogens with zero attached hydrogens (tertiary/aromatic N) is 3. The number of nitrogens with one attached hydrogen (secondary N) is 2. The molecule has 2 N–H and O–H groups in total. The van der Waals surface area contributed by atoms with Crippen molar-refractivity contribution >= 4 is 41.5 Å². The average Bonchev–Trinajstić information content (AvgIpc) is 3.08. The van der Waals surface area contributed by atoms with Crippen LogP contribution in [-0.2, 0) is 0 Å². The van der Waals surface area contributed by atoms with Crippen molar-refractivity contribution in [2.45, 2.75) is 31.8 Å². The van der Waals surface area contributed by atoms with E-state index in [0.29, 0.717) is 21.8 Å². The van der Waals surface area contributed by atoms with Gasteiger partial charge < -0.3 is 10.6 Å². The van der Waals surface area contributed by atoms with Crippen LogP contribution in [0, 0.1) is 0 Å². The van der Waals surface area contributed by atoms with Gasteiger partial charge in [0.15, 0.2) is 5.69 Å². The van der Waals surface area contributed by atoms with Crippen molar-refractivity contribution in [3.8, 4) is 0 Å². The van der Waals surface area contributed by atoms with E-state index in [1.165, 1.54) is 0 Å². The van der Waals surface area contributed by atoms with Gasteiger partial charge in [0.25, 0.3) is 5.91 Å². The predicted molar refractivity (Wildman–Crippen MR) is 101 cm³/mol. The highest BCUT2D eigenvalue weighted by Gasteiger charge is 2.20. The van der Waals surface area contributed by atoms with Gasteiger partial charge >= 0.3 is 0 Å². The molecule has 1 atom stereocenters. The van der Waals surface area contributed by atoms with Crippen molar-refractivity contribution in [1.29, 1.82) is 0 Å². The van der Waals surface area contributed by atoms with Crippen molar-refractivity contribution in [3.63, 3.8) is 0 Å². The van der Waals surface area contributed by atoms with Crippen LogP contribution in [0.5, 0.6) is 0 Å². The number of aromatic nitrogens is 3. The first-order valence-corrected chi connectivity index (χ1v) is 8.69. The Labute approximate surface area is 162 Å². The highest BCUT2D eigenvalue weighted by molar-refractivity contribution is 6.42. The third-order valence-electron chi connectivity index (χ3n) is 4.22. The van der Waals surface area contributed by atoms with Crippen molar-refractivity contribution in [2.75, 3.05) is 13.1 Å². The summed E-state index contributed by atoms with van der Waals surface area (Å²) in [7, 11) is 0. The zero-order chi connectivity index (χ0) is 17.1. The normalized spacial score (nSPS) is 16.1. The molecule has 1 fully saturated rings. The quantitative estimate of drug-likeness (QED) is 0.819. The van der Waals surface area contributed by atoms with E-state index in [0.717, 1.165) is 31.5 Å². The molecular formula is C16H20Cl3N5O. The SMILES string of the molecule is CC(NC(=O)c1cn(C2CCNCC2)nn1)c1cccc(Cl)c1Cl.Cl. The summed E-state index contributed by atoms with van der Waals surface area (Å²) in [6.07, 6.45) is 3.68. The Bertz CT molecular complexity index is 730. The van der Waals surface area contributed by atoms with Crippen LogP contribution in [0.2, 0.25) is 10.0 Å². The molecule has 0 spiro atoms. The number of benzene rings is 1. The first-order valence-electron chi connectivity index (χ1n) is 7.93. The standard InChI is InChI=1S/C16H19Cl2N5O.ClH/c1-10(12-3-2-4-13(17)15(12)18)20-16(24)14-9-23(22-21-14)11-5-7-19-8-6-11;/h2-4,9-11,19H,5-8H2,1H3,(H,20,24);1H. The molecule has 1 aliphatic rings. The lowest BCUT2D eigenvalue weighted by Crippen LogP contribution is -2.29.